The number of nitrogens with zero attached hydrogens (tertiary/aromatic N) is 4. The molecule has 1 unspecified atom stereocenters. The summed E-state index contributed by atoms with van der Waals surface area (Å²) < 4.78 is 54.3. The van der Waals surface area contributed by atoms with Crippen molar-refractivity contribution in [2.45, 2.75) is 44.2 Å². The number of hydrogen-bond donors (Lipinski definition) is 0. The second-order valence-electron chi connectivity index (χ2n) is 9.04. The van der Waals surface area contributed by atoms with Gasteiger partial charge in [0, 0.05) is 36.7 Å². The normalized spacial score (nSPS) is 18.1. The number of alkyl halides is 3. The summed E-state index contributed by atoms with van der Waals surface area (Å²) in [5, 5.41) is 10.9. The highest BCUT2D eigenvalue weighted by molar-refractivity contribution is 5.49. The third kappa shape index (κ3) is 6.07. The monoisotopic (exact) mass is 518 g/mol. The van der Waals surface area contributed by atoms with E-state index in [0.717, 1.165) is 31.6 Å². The maximum Gasteiger partial charge on any atom is 0.573 e. The number of hydrogen-bond acceptors (Lipinski definition) is 7. The van der Waals surface area contributed by atoms with Crippen LogP contribution in [-0.4, -0.2) is 46.6 Å². The minimum absolute atomic E-state index is 0.223. The first-order chi connectivity index (χ1) is 17.7. The Kier molecular flexibility index (Phi) is 6.81. The number of imidazole rings is 1. The van der Waals surface area contributed by atoms with Gasteiger partial charge in [-0.15, -0.1) is 13.2 Å². The number of halogens is 3. The van der Waals surface area contributed by atoms with Crippen molar-refractivity contribution in [3.63, 3.8) is 0 Å². The number of aryl methyl sites for hydroxylation is 1. The number of piperidine rings is 1. The van der Waals surface area contributed by atoms with E-state index in [9.17, 15) is 23.3 Å². The van der Waals surface area contributed by atoms with Crippen LogP contribution >= 0.6 is 0 Å². The summed E-state index contributed by atoms with van der Waals surface area (Å²) in [5.41, 5.74) is 2.09. The van der Waals surface area contributed by atoms with E-state index in [4.69, 9.17) is 9.47 Å². The molecule has 3 heterocycles. The summed E-state index contributed by atoms with van der Waals surface area (Å²) in [5.74, 6) is 0.644. The zero-order valence-electron chi connectivity index (χ0n) is 19.8. The third-order valence-corrected chi connectivity index (χ3v) is 6.60. The molecule has 0 aliphatic carbocycles. The van der Waals surface area contributed by atoms with Crippen molar-refractivity contribution in [1.29, 1.82) is 0 Å². The van der Waals surface area contributed by atoms with Gasteiger partial charge in [0.1, 0.15) is 30.4 Å². The Hall–Kier alpha value is -3.96. The second kappa shape index (κ2) is 10.2. The van der Waals surface area contributed by atoms with Gasteiger partial charge in [0.15, 0.2) is 0 Å². The molecule has 2 aliphatic heterocycles. The van der Waals surface area contributed by atoms with Crippen LogP contribution in [0.5, 0.6) is 17.5 Å². The zero-order valence-corrected chi connectivity index (χ0v) is 19.8. The molecule has 1 aromatic heterocycles. The van der Waals surface area contributed by atoms with Gasteiger partial charge >= 0.3 is 18.2 Å². The Labute approximate surface area is 210 Å². The quantitative estimate of drug-likeness (QED) is 0.309. The van der Waals surface area contributed by atoms with E-state index in [1.807, 2.05) is 12.1 Å². The van der Waals surface area contributed by atoms with Gasteiger partial charge in [0.05, 0.1) is 0 Å². The van der Waals surface area contributed by atoms with Gasteiger partial charge in [-0.1, -0.05) is 12.1 Å². The standard InChI is InChI=1S/C25H25F3N4O5/c26-25(27,28)37-21-7-3-19(4-8-21)30-12-9-18(10-13-30)17-1-5-20(6-2-17)35-16-22-11-14-31-15-23(32(33)34)29-24(31)36-22/h1-8,15,18,22H,9-14,16H2. The Morgan fingerprint density at radius 1 is 1.00 bits per heavy atom. The van der Waals surface area contributed by atoms with Crippen molar-refractivity contribution in [2.75, 3.05) is 24.6 Å². The molecule has 1 saturated heterocycles. The molecule has 0 saturated carbocycles. The lowest BCUT2D eigenvalue weighted by atomic mass is 9.89. The summed E-state index contributed by atoms with van der Waals surface area (Å²) in [7, 11) is 0. The maximum absolute atomic E-state index is 12.4. The van der Waals surface area contributed by atoms with Crippen LogP contribution in [0.2, 0.25) is 0 Å². The first kappa shape index (κ1) is 24.7. The molecule has 0 bridgehead atoms. The molecular formula is C25H25F3N4O5. The number of rotatable bonds is 7. The zero-order chi connectivity index (χ0) is 26.0. The molecule has 1 atom stereocenters. The van der Waals surface area contributed by atoms with Crippen LogP contribution in [-0.2, 0) is 6.54 Å². The van der Waals surface area contributed by atoms with E-state index in [1.165, 1.54) is 23.9 Å². The molecule has 196 valence electrons. The molecule has 12 heteroatoms. The molecule has 5 rings (SSSR count). The molecule has 0 amide bonds. The fourth-order valence-electron chi connectivity index (χ4n) is 4.69. The molecule has 37 heavy (non-hydrogen) atoms. The summed E-state index contributed by atoms with van der Waals surface area (Å²) in [6, 6.07) is 14.2. The molecule has 0 spiro atoms. The summed E-state index contributed by atoms with van der Waals surface area (Å²) >= 11 is 0. The van der Waals surface area contributed by atoms with Gasteiger partial charge in [-0.25, -0.2) is 0 Å². The summed E-state index contributed by atoms with van der Waals surface area (Å²) in [6.07, 6.45) is -1.05. The Morgan fingerprint density at radius 2 is 1.68 bits per heavy atom. The summed E-state index contributed by atoms with van der Waals surface area (Å²) in [6.45, 7) is 2.49. The molecule has 2 aliphatic rings. The van der Waals surface area contributed by atoms with Crippen LogP contribution < -0.4 is 19.1 Å². The lowest BCUT2D eigenvalue weighted by Gasteiger charge is -2.34. The number of fused-ring (bicyclic) bond motifs is 1. The van der Waals surface area contributed by atoms with E-state index in [0.29, 0.717) is 31.2 Å². The highest BCUT2D eigenvalue weighted by atomic mass is 19.4. The van der Waals surface area contributed by atoms with Gasteiger partial charge in [-0.2, -0.15) is 0 Å². The Balaban J connectivity index is 1.09. The fourth-order valence-corrected chi connectivity index (χ4v) is 4.69. The lowest BCUT2D eigenvalue weighted by Crippen LogP contribution is -2.32. The van der Waals surface area contributed by atoms with Crippen LogP contribution in [0.15, 0.2) is 54.7 Å². The molecule has 0 N–H and O–H groups in total. The summed E-state index contributed by atoms with van der Waals surface area (Å²) in [4.78, 5) is 16.4. The number of ether oxygens (including phenoxy) is 3. The SMILES string of the molecule is O=[N+]([O-])c1cn2c(n1)OC(COc1ccc(C3CCN(c4ccc(OC(F)(F)F)cc4)CC3)cc1)CC2. The first-order valence-electron chi connectivity index (χ1n) is 12.0. The van der Waals surface area contributed by atoms with E-state index < -0.39 is 11.3 Å². The minimum Gasteiger partial charge on any atom is -0.490 e. The fraction of sp³-hybridized carbons (Fsp3) is 0.400. The van der Waals surface area contributed by atoms with Gasteiger partial charge in [-0.05, 0) is 65.6 Å². The number of aromatic nitrogens is 2. The predicted octanol–water partition coefficient (Wildman–Crippen LogP) is 5.30. The largest absolute Gasteiger partial charge is 0.573 e. The van der Waals surface area contributed by atoms with Crippen molar-refractivity contribution < 1.29 is 32.3 Å². The lowest BCUT2D eigenvalue weighted by molar-refractivity contribution is -0.389. The molecule has 9 nitrogen and oxygen atoms in total. The Morgan fingerprint density at radius 3 is 2.32 bits per heavy atom. The van der Waals surface area contributed by atoms with Crippen molar-refractivity contribution in [1.82, 2.24) is 9.55 Å². The van der Waals surface area contributed by atoms with Gasteiger partial charge < -0.3 is 29.2 Å². The van der Waals surface area contributed by atoms with Crippen LogP contribution in [0, 0.1) is 10.1 Å². The number of anilines is 1. The van der Waals surface area contributed by atoms with E-state index in [-0.39, 0.29) is 23.7 Å². The van der Waals surface area contributed by atoms with Crippen LogP contribution in [0.25, 0.3) is 0 Å². The Bertz CT molecular complexity index is 1220. The van der Waals surface area contributed by atoms with Gasteiger partial charge in [-0.3, -0.25) is 4.57 Å². The van der Waals surface area contributed by atoms with Crippen LogP contribution in [0.3, 0.4) is 0 Å². The average Bonchev–Trinajstić information content (AvgIpc) is 3.32. The first-order valence-corrected chi connectivity index (χ1v) is 12.0. The molecule has 2 aromatic carbocycles. The highest BCUT2D eigenvalue weighted by Crippen LogP contribution is 2.33. The van der Waals surface area contributed by atoms with E-state index >= 15 is 0 Å². The van der Waals surface area contributed by atoms with Gasteiger partial charge in [0.25, 0.3) is 0 Å². The number of benzene rings is 2. The van der Waals surface area contributed by atoms with Crippen molar-refractivity contribution in [2.24, 2.45) is 0 Å². The minimum atomic E-state index is -4.69. The topological polar surface area (TPSA) is 91.9 Å². The predicted molar refractivity (Wildman–Crippen MR) is 127 cm³/mol. The second-order valence-corrected chi connectivity index (χ2v) is 9.04. The molecule has 0 radical (unpaired) electrons. The smallest absolute Gasteiger partial charge is 0.490 e. The van der Waals surface area contributed by atoms with Crippen LogP contribution in [0.4, 0.5) is 24.7 Å². The van der Waals surface area contributed by atoms with Gasteiger partial charge in [0.2, 0.25) is 0 Å². The average molecular weight is 518 g/mol. The molecular weight excluding hydrogens is 493 g/mol. The number of nitro groups is 1. The highest BCUT2D eigenvalue weighted by Gasteiger charge is 2.31. The van der Waals surface area contributed by atoms with E-state index in [1.54, 1.807) is 16.7 Å². The molecule has 1 fully saturated rings. The van der Waals surface area contributed by atoms with Crippen molar-refractivity contribution in [3.05, 3.63) is 70.4 Å². The molecule has 3 aromatic rings. The third-order valence-electron chi connectivity index (χ3n) is 6.60. The van der Waals surface area contributed by atoms with Crippen LogP contribution in [0.1, 0.15) is 30.7 Å². The van der Waals surface area contributed by atoms with E-state index in [2.05, 4.69) is 26.8 Å². The van der Waals surface area contributed by atoms with Crippen molar-refractivity contribution >= 4 is 11.5 Å². The maximum atomic E-state index is 12.4. The van der Waals surface area contributed by atoms with Crippen molar-refractivity contribution in [3.8, 4) is 17.5 Å².